The molecule has 2 heterocycles. The first-order chi connectivity index (χ1) is 13.6. The fourth-order valence-corrected chi connectivity index (χ4v) is 3.64. The maximum absolute atomic E-state index is 13.0. The van der Waals surface area contributed by atoms with E-state index in [2.05, 4.69) is 0 Å². The predicted molar refractivity (Wildman–Crippen MR) is 98.6 cm³/mol. The van der Waals surface area contributed by atoms with Crippen LogP contribution in [0.5, 0.6) is 0 Å². The molecule has 0 bridgehead atoms. The van der Waals surface area contributed by atoms with Crippen LogP contribution in [0.3, 0.4) is 0 Å². The summed E-state index contributed by atoms with van der Waals surface area (Å²) in [6.07, 6.45) is 1.28. The van der Waals surface area contributed by atoms with E-state index >= 15 is 0 Å². The fourth-order valence-electron chi connectivity index (χ4n) is 3.46. The van der Waals surface area contributed by atoms with Gasteiger partial charge >= 0.3 is 0 Å². The number of anilines is 1. The van der Waals surface area contributed by atoms with Gasteiger partial charge in [0.1, 0.15) is 12.3 Å². The molecule has 132 valence electrons. The zero-order valence-corrected chi connectivity index (χ0v) is 14.7. The van der Waals surface area contributed by atoms with Crippen LogP contribution in [0.4, 0.5) is 5.69 Å². The minimum atomic E-state index is -2.75. The van der Waals surface area contributed by atoms with Crippen molar-refractivity contribution in [2.24, 2.45) is 0 Å². The van der Waals surface area contributed by atoms with Gasteiger partial charge in [0.05, 0.1) is 5.69 Å². The van der Waals surface area contributed by atoms with Gasteiger partial charge in [-0.1, -0.05) is 41.9 Å². The predicted octanol–water partition coefficient (Wildman–Crippen LogP) is 3.28. The average Bonchev–Trinajstić information content (AvgIpc) is 2.75. The number of hydrogen-bond acceptors (Lipinski definition) is 3. The van der Waals surface area contributed by atoms with Gasteiger partial charge in [-0.3, -0.25) is 14.5 Å². The lowest BCUT2D eigenvalue weighted by atomic mass is 9.90. The van der Waals surface area contributed by atoms with Gasteiger partial charge < -0.3 is 9.64 Å². The third-order valence-electron chi connectivity index (χ3n) is 4.55. The summed E-state index contributed by atoms with van der Waals surface area (Å²) in [5.74, 6) is -0.851. The Balaban J connectivity index is 2.12. The van der Waals surface area contributed by atoms with E-state index in [0.717, 1.165) is 4.90 Å². The highest BCUT2D eigenvalue weighted by molar-refractivity contribution is 6.30. The number of benzene rings is 2. The Morgan fingerprint density at radius 1 is 1.19 bits per heavy atom. The number of carbonyl (C=O) groups is 2. The standard InChI is InChI=1S/C20H17ClN2O3/c1-13-10-18(24)23-12-19(25)22(2)17-9-8-15(21)11-16(17)20(23,26-13)14-6-4-3-5-7-14/h3-11H,12H2,1-2H3/i2+1D3. The van der Waals surface area contributed by atoms with E-state index in [0.29, 0.717) is 21.9 Å². The number of allylic oxidation sites excluding steroid dienone is 1. The summed E-state index contributed by atoms with van der Waals surface area (Å²) in [6, 6.07) is 13.4. The zero-order valence-electron chi connectivity index (χ0n) is 16.9. The van der Waals surface area contributed by atoms with Gasteiger partial charge in [0.25, 0.3) is 5.91 Å². The molecule has 0 aromatic heterocycles. The van der Waals surface area contributed by atoms with Crippen LogP contribution in [-0.2, 0) is 20.1 Å². The molecule has 1 atom stereocenters. The molecular weight excluding hydrogens is 353 g/mol. The summed E-state index contributed by atoms with van der Waals surface area (Å²) in [5, 5.41) is 0.321. The molecule has 26 heavy (non-hydrogen) atoms. The van der Waals surface area contributed by atoms with Gasteiger partial charge in [-0.25, -0.2) is 0 Å². The lowest BCUT2D eigenvalue weighted by Crippen LogP contribution is -2.54. The van der Waals surface area contributed by atoms with Crippen LogP contribution in [0.15, 0.2) is 60.4 Å². The Labute approximate surface area is 160 Å². The quantitative estimate of drug-likeness (QED) is 0.722. The number of fused-ring (bicyclic) bond motifs is 3. The smallest absolute Gasteiger partial charge is 0.254 e. The van der Waals surface area contributed by atoms with Crippen molar-refractivity contribution in [1.82, 2.24) is 4.90 Å². The normalized spacial score (nSPS) is 24.4. The topological polar surface area (TPSA) is 49.9 Å². The number of likely N-dealkylation sites (N-methyl/N-ethyl adjacent to an activating group) is 1. The Hall–Kier alpha value is -2.79. The molecule has 2 aliphatic rings. The lowest BCUT2D eigenvalue weighted by Gasteiger charge is -2.45. The van der Waals surface area contributed by atoms with E-state index in [-0.39, 0.29) is 5.69 Å². The van der Waals surface area contributed by atoms with E-state index in [9.17, 15) is 9.59 Å². The fraction of sp³-hybridized carbons (Fsp3) is 0.200. The number of carbonyl (C=O) groups excluding carboxylic acids is 2. The summed E-state index contributed by atoms with van der Waals surface area (Å²) >= 11 is 6.26. The molecule has 2 aromatic carbocycles. The third-order valence-corrected chi connectivity index (χ3v) is 4.79. The first-order valence-corrected chi connectivity index (χ1v) is 8.40. The average molecular weight is 373 g/mol. The molecule has 6 heteroatoms. The van der Waals surface area contributed by atoms with Gasteiger partial charge in [0.2, 0.25) is 11.6 Å². The lowest BCUT2D eigenvalue weighted by molar-refractivity contribution is -0.161. The third kappa shape index (κ3) is 2.31. The molecule has 1 unspecified atom stereocenters. The molecule has 2 amide bonds. The van der Waals surface area contributed by atoms with E-state index in [1.54, 1.807) is 37.3 Å². The van der Waals surface area contributed by atoms with Crippen molar-refractivity contribution in [3.8, 4) is 0 Å². The summed E-state index contributed by atoms with van der Waals surface area (Å²) in [6.45, 7) is -1.59. The molecule has 0 fully saturated rings. The molecule has 2 aliphatic heterocycles. The number of amides is 2. The van der Waals surface area contributed by atoms with Crippen molar-refractivity contribution < 1.29 is 18.4 Å². The molecule has 4 rings (SSSR count). The minimum Gasteiger partial charge on any atom is -0.464 e. The Morgan fingerprint density at radius 2 is 1.96 bits per heavy atom. The Bertz CT molecular complexity index is 1040. The number of rotatable bonds is 1. The maximum atomic E-state index is 13.0. The van der Waals surface area contributed by atoms with Crippen molar-refractivity contribution in [2.45, 2.75) is 12.6 Å². The molecule has 5 nitrogen and oxygen atoms in total. The van der Waals surface area contributed by atoms with E-state index in [4.69, 9.17) is 20.5 Å². The first kappa shape index (κ1) is 13.4. The second-order valence-electron chi connectivity index (χ2n) is 6.18. The highest BCUT2D eigenvalue weighted by Crippen LogP contribution is 2.47. The van der Waals surface area contributed by atoms with E-state index in [1.165, 1.54) is 23.1 Å². The van der Waals surface area contributed by atoms with Crippen molar-refractivity contribution >= 4 is 29.1 Å². The van der Waals surface area contributed by atoms with Gasteiger partial charge in [-0.2, -0.15) is 0 Å². The SMILES string of the molecule is [2H][13C]([2H])([2H])N1C(=O)CN2C(=O)C=C(C)OC2(c2ccccc2)c2cc(Cl)ccc21. The van der Waals surface area contributed by atoms with Gasteiger partial charge in [-0.05, 0) is 25.1 Å². The summed E-state index contributed by atoms with van der Waals surface area (Å²) in [5.41, 5.74) is -0.538. The molecule has 0 saturated carbocycles. The monoisotopic (exact) mass is 372 g/mol. The largest absolute Gasteiger partial charge is 0.464 e. The summed E-state index contributed by atoms with van der Waals surface area (Å²) in [4.78, 5) is 28.0. The molecule has 0 radical (unpaired) electrons. The second kappa shape index (κ2) is 5.88. The molecule has 0 N–H and O–H groups in total. The first-order valence-electron chi connectivity index (χ1n) is 9.52. The maximum Gasteiger partial charge on any atom is 0.254 e. The Kier molecular flexibility index (Phi) is 3.04. The zero-order chi connectivity index (χ0) is 21.0. The number of halogens is 1. The molecule has 0 saturated heterocycles. The molecule has 0 aliphatic carbocycles. The van der Waals surface area contributed by atoms with Crippen LogP contribution in [0.1, 0.15) is 22.2 Å². The van der Waals surface area contributed by atoms with Crippen LogP contribution >= 0.6 is 11.6 Å². The van der Waals surface area contributed by atoms with Crippen molar-refractivity contribution in [3.05, 3.63) is 76.5 Å². The second-order valence-corrected chi connectivity index (χ2v) is 6.62. The Morgan fingerprint density at radius 3 is 2.69 bits per heavy atom. The van der Waals surface area contributed by atoms with Crippen LogP contribution in [0.25, 0.3) is 0 Å². The molecular formula is C20H17ClN2O3. The van der Waals surface area contributed by atoms with Crippen LogP contribution in [-0.4, -0.2) is 30.2 Å². The van der Waals surface area contributed by atoms with Crippen LogP contribution in [0, 0.1) is 0 Å². The van der Waals surface area contributed by atoms with Crippen molar-refractivity contribution in [3.63, 3.8) is 0 Å². The summed E-state index contributed by atoms with van der Waals surface area (Å²) in [7, 11) is 0. The van der Waals surface area contributed by atoms with E-state index in [1.807, 2.05) is 6.07 Å². The number of hydrogen-bond donors (Lipinski definition) is 0. The van der Waals surface area contributed by atoms with Crippen molar-refractivity contribution in [2.75, 3.05) is 18.4 Å². The van der Waals surface area contributed by atoms with Crippen molar-refractivity contribution in [1.29, 1.82) is 0 Å². The highest BCUT2D eigenvalue weighted by Gasteiger charge is 2.52. The molecule has 0 spiro atoms. The summed E-state index contributed by atoms with van der Waals surface area (Å²) < 4.78 is 30.0. The van der Waals surface area contributed by atoms with Gasteiger partial charge in [0.15, 0.2) is 0 Å². The van der Waals surface area contributed by atoms with Crippen LogP contribution in [0.2, 0.25) is 5.02 Å². The van der Waals surface area contributed by atoms with Crippen LogP contribution < -0.4 is 4.90 Å². The minimum absolute atomic E-state index is 0.119. The number of nitrogens with zero attached hydrogens (tertiary/aromatic N) is 2. The highest BCUT2D eigenvalue weighted by atomic mass is 35.5. The van der Waals surface area contributed by atoms with Gasteiger partial charge in [-0.15, -0.1) is 0 Å². The van der Waals surface area contributed by atoms with E-state index < -0.39 is 31.1 Å². The van der Waals surface area contributed by atoms with Gasteiger partial charge in [0, 0.05) is 33.3 Å². The number of ether oxygens (including phenoxy) is 1. The molecule has 2 aromatic rings.